The molecule has 3 unspecified atom stereocenters. The Hall–Kier alpha value is -0.330. The van der Waals surface area contributed by atoms with E-state index in [1.54, 1.807) is 6.21 Å². The minimum atomic E-state index is 0.493. The first-order chi connectivity index (χ1) is 4.67. The van der Waals surface area contributed by atoms with Crippen molar-refractivity contribution in [3.8, 4) is 0 Å². The highest BCUT2D eigenvalue weighted by Crippen LogP contribution is 2.59. The van der Waals surface area contributed by atoms with Gasteiger partial charge in [0.05, 0.1) is 0 Å². The van der Waals surface area contributed by atoms with Crippen molar-refractivity contribution < 1.29 is 0 Å². The van der Waals surface area contributed by atoms with Gasteiger partial charge in [-0.1, -0.05) is 20.8 Å². The molecule has 0 aromatic carbocycles. The van der Waals surface area contributed by atoms with Gasteiger partial charge in [-0.15, -0.1) is 0 Å². The normalized spacial score (nSPS) is 40.9. The molecule has 1 aliphatic carbocycles. The first kappa shape index (κ1) is 7.77. The van der Waals surface area contributed by atoms with Crippen LogP contribution in [0.4, 0.5) is 0 Å². The molecular weight excluding hydrogens is 122 g/mol. The summed E-state index contributed by atoms with van der Waals surface area (Å²) < 4.78 is 0. The summed E-state index contributed by atoms with van der Waals surface area (Å²) in [6.07, 6.45) is 4.18. The largest absolute Gasteiger partial charge is 0.313 e. The minimum absolute atomic E-state index is 0.493. The number of hydrogen-bond acceptors (Lipinski definition) is 1. The van der Waals surface area contributed by atoms with Crippen LogP contribution in [-0.4, -0.2) is 6.21 Å². The van der Waals surface area contributed by atoms with Gasteiger partial charge in [0.1, 0.15) is 0 Å². The molecule has 1 nitrogen and oxygen atoms in total. The van der Waals surface area contributed by atoms with Gasteiger partial charge >= 0.3 is 0 Å². The topological polar surface area (TPSA) is 23.9 Å². The van der Waals surface area contributed by atoms with Crippen molar-refractivity contribution in [3.63, 3.8) is 0 Å². The molecule has 1 saturated carbocycles. The van der Waals surface area contributed by atoms with Gasteiger partial charge in [-0.2, -0.15) is 0 Å². The lowest BCUT2D eigenvalue weighted by atomic mass is 9.87. The van der Waals surface area contributed by atoms with E-state index in [9.17, 15) is 0 Å². The molecule has 10 heavy (non-hydrogen) atoms. The summed E-state index contributed by atoms with van der Waals surface area (Å²) in [5, 5.41) is 7.17. The van der Waals surface area contributed by atoms with Gasteiger partial charge in [0, 0.05) is 0 Å². The molecule has 58 valence electrons. The first-order valence-electron chi connectivity index (χ1n) is 4.18. The van der Waals surface area contributed by atoms with E-state index in [2.05, 4.69) is 20.8 Å². The molecule has 0 radical (unpaired) electrons. The van der Waals surface area contributed by atoms with Crippen molar-refractivity contribution in [3.05, 3.63) is 0 Å². The smallest absolute Gasteiger partial charge is 0.00138 e. The van der Waals surface area contributed by atoms with Crippen molar-refractivity contribution in [2.24, 2.45) is 17.3 Å². The monoisotopic (exact) mass is 139 g/mol. The molecule has 0 bridgehead atoms. The molecule has 0 aliphatic heterocycles. The van der Waals surface area contributed by atoms with Crippen LogP contribution in [0.5, 0.6) is 0 Å². The van der Waals surface area contributed by atoms with Crippen LogP contribution in [0.2, 0.25) is 0 Å². The zero-order valence-electron chi connectivity index (χ0n) is 7.15. The molecule has 1 heteroatoms. The highest BCUT2D eigenvalue weighted by Gasteiger charge is 2.52. The van der Waals surface area contributed by atoms with Gasteiger partial charge in [-0.3, -0.25) is 0 Å². The predicted molar refractivity (Wildman–Crippen MR) is 44.5 cm³/mol. The summed E-state index contributed by atoms with van der Waals surface area (Å²) in [4.78, 5) is 0. The second-order valence-electron chi connectivity index (χ2n) is 3.65. The van der Waals surface area contributed by atoms with Crippen LogP contribution in [0.25, 0.3) is 0 Å². The first-order valence-corrected chi connectivity index (χ1v) is 4.18. The highest BCUT2D eigenvalue weighted by molar-refractivity contribution is 5.58. The Bertz CT molecular complexity index is 138. The maximum absolute atomic E-state index is 7.17. The third-order valence-corrected chi connectivity index (χ3v) is 3.32. The van der Waals surface area contributed by atoms with E-state index < -0.39 is 0 Å². The molecule has 3 atom stereocenters. The Kier molecular flexibility index (Phi) is 1.84. The van der Waals surface area contributed by atoms with Crippen molar-refractivity contribution in [1.29, 1.82) is 5.41 Å². The molecule has 0 spiro atoms. The molecule has 1 fully saturated rings. The summed E-state index contributed by atoms with van der Waals surface area (Å²) in [5.74, 6) is 1.35. The second-order valence-corrected chi connectivity index (χ2v) is 3.65. The van der Waals surface area contributed by atoms with Gasteiger partial charge in [-0.25, -0.2) is 0 Å². The quantitative estimate of drug-likeness (QED) is 0.581. The lowest BCUT2D eigenvalue weighted by Crippen LogP contribution is -2.14. The van der Waals surface area contributed by atoms with Gasteiger partial charge in [-0.05, 0) is 36.3 Å². The van der Waals surface area contributed by atoms with Crippen LogP contribution in [0.15, 0.2) is 0 Å². The van der Waals surface area contributed by atoms with Crippen molar-refractivity contribution >= 4 is 6.21 Å². The van der Waals surface area contributed by atoms with Gasteiger partial charge in [0.2, 0.25) is 0 Å². The molecule has 0 aromatic heterocycles. The van der Waals surface area contributed by atoms with Crippen LogP contribution in [0, 0.1) is 22.7 Å². The fourth-order valence-electron chi connectivity index (χ4n) is 2.13. The standard InChI is InChI=1S/C9H17N/c1-4-9(5-7(9)2)8(3)6-10/h6-8,10H,4-5H2,1-3H3. The van der Waals surface area contributed by atoms with Gasteiger partial charge in [0.15, 0.2) is 0 Å². The zero-order chi connectivity index (χ0) is 7.78. The average molecular weight is 139 g/mol. The van der Waals surface area contributed by atoms with Gasteiger partial charge < -0.3 is 5.41 Å². The SMILES string of the molecule is CCC1(C(C)C=N)CC1C. The van der Waals surface area contributed by atoms with Crippen molar-refractivity contribution in [1.82, 2.24) is 0 Å². The summed E-state index contributed by atoms with van der Waals surface area (Å²) in [6, 6.07) is 0. The minimum Gasteiger partial charge on any atom is -0.313 e. The fourth-order valence-corrected chi connectivity index (χ4v) is 2.13. The molecule has 0 aromatic rings. The molecule has 0 heterocycles. The predicted octanol–water partition coefficient (Wildman–Crippen LogP) is 2.71. The Labute approximate surface area is 63.3 Å². The van der Waals surface area contributed by atoms with E-state index in [0.29, 0.717) is 11.3 Å². The average Bonchev–Trinajstić information content (AvgIpc) is 2.61. The Morgan fingerprint density at radius 2 is 2.30 bits per heavy atom. The molecule has 0 amide bonds. The third kappa shape index (κ3) is 0.882. The maximum atomic E-state index is 7.17. The molecule has 1 rings (SSSR count). The van der Waals surface area contributed by atoms with E-state index >= 15 is 0 Å². The van der Waals surface area contributed by atoms with E-state index in [4.69, 9.17) is 5.41 Å². The fraction of sp³-hybridized carbons (Fsp3) is 0.889. The van der Waals surface area contributed by atoms with Crippen LogP contribution in [0.1, 0.15) is 33.6 Å². The Morgan fingerprint density at radius 1 is 1.80 bits per heavy atom. The summed E-state index contributed by atoms with van der Waals surface area (Å²) in [5.41, 5.74) is 0.516. The number of rotatable bonds is 3. The lowest BCUT2D eigenvalue weighted by molar-refractivity contribution is 0.374. The van der Waals surface area contributed by atoms with E-state index in [0.717, 1.165) is 5.92 Å². The van der Waals surface area contributed by atoms with Crippen molar-refractivity contribution in [2.45, 2.75) is 33.6 Å². The Morgan fingerprint density at radius 3 is 2.40 bits per heavy atom. The van der Waals surface area contributed by atoms with Crippen LogP contribution < -0.4 is 0 Å². The van der Waals surface area contributed by atoms with Crippen LogP contribution >= 0.6 is 0 Å². The highest BCUT2D eigenvalue weighted by atomic mass is 14.6. The molecule has 0 saturated heterocycles. The second kappa shape index (κ2) is 2.37. The van der Waals surface area contributed by atoms with Crippen molar-refractivity contribution in [2.75, 3.05) is 0 Å². The third-order valence-electron chi connectivity index (χ3n) is 3.32. The Balaban J connectivity index is 2.59. The molecule has 1 aliphatic rings. The summed E-state index contributed by atoms with van der Waals surface area (Å²) >= 11 is 0. The van der Waals surface area contributed by atoms with Crippen LogP contribution in [-0.2, 0) is 0 Å². The lowest BCUT2D eigenvalue weighted by Gasteiger charge is -2.18. The van der Waals surface area contributed by atoms with E-state index in [1.165, 1.54) is 12.8 Å². The number of nitrogens with one attached hydrogen (secondary N) is 1. The summed E-state index contributed by atoms with van der Waals surface area (Å²) in [6.45, 7) is 6.70. The van der Waals surface area contributed by atoms with Gasteiger partial charge in [0.25, 0.3) is 0 Å². The van der Waals surface area contributed by atoms with E-state index in [1.807, 2.05) is 0 Å². The summed E-state index contributed by atoms with van der Waals surface area (Å²) in [7, 11) is 0. The molecular formula is C9H17N. The maximum Gasteiger partial charge on any atom is -0.00138 e. The number of hydrogen-bond donors (Lipinski definition) is 1. The molecule has 1 N–H and O–H groups in total. The van der Waals surface area contributed by atoms with Crippen LogP contribution in [0.3, 0.4) is 0 Å². The van der Waals surface area contributed by atoms with E-state index in [-0.39, 0.29) is 0 Å². The zero-order valence-corrected chi connectivity index (χ0v) is 7.15.